The lowest BCUT2D eigenvalue weighted by Gasteiger charge is -2.13. The molecular formula is C21H19N3O3. The van der Waals surface area contributed by atoms with Crippen molar-refractivity contribution in [3.05, 3.63) is 64.2 Å². The number of ether oxygens (including phenoxy) is 2. The lowest BCUT2D eigenvalue weighted by Crippen LogP contribution is -2.11. The van der Waals surface area contributed by atoms with Crippen LogP contribution in [0.15, 0.2) is 47.3 Å². The van der Waals surface area contributed by atoms with Crippen LogP contribution in [0.5, 0.6) is 11.5 Å². The number of allylic oxidation sites excluding steroid dienone is 1. The molecule has 1 heterocycles. The summed E-state index contributed by atoms with van der Waals surface area (Å²) in [4.78, 5) is 19.3. The molecule has 0 saturated heterocycles. The minimum absolute atomic E-state index is 0.0156. The Morgan fingerprint density at radius 2 is 2.00 bits per heavy atom. The van der Waals surface area contributed by atoms with Gasteiger partial charge in [-0.25, -0.2) is 4.98 Å². The SMILES string of the molecule is COc1cc(/C=C(\C#N)c2nc3ccccc3c(=O)[nH]2)ccc1OC(C)C. The molecule has 3 aromatic rings. The smallest absolute Gasteiger partial charge is 0.259 e. The predicted octanol–water partition coefficient (Wildman–Crippen LogP) is 3.78. The van der Waals surface area contributed by atoms with Gasteiger partial charge in [0.15, 0.2) is 17.3 Å². The van der Waals surface area contributed by atoms with Crippen molar-refractivity contribution in [3.63, 3.8) is 0 Å². The molecule has 136 valence electrons. The van der Waals surface area contributed by atoms with Gasteiger partial charge in [0.1, 0.15) is 6.07 Å². The molecule has 0 aliphatic rings. The van der Waals surface area contributed by atoms with Crippen LogP contribution in [-0.4, -0.2) is 23.2 Å². The molecule has 0 atom stereocenters. The third-order valence-electron chi connectivity index (χ3n) is 3.85. The summed E-state index contributed by atoms with van der Waals surface area (Å²) < 4.78 is 11.1. The molecular weight excluding hydrogens is 342 g/mol. The van der Waals surface area contributed by atoms with E-state index in [1.165, 1.54) is 0 Å². The van der Waals surface area contributed by atoms with Gasteiger partial charge in [-0.1, -0.05) is 18.2 Å². The lowest BCUT2D eigenvalue weighted by molar-refractivity contribution is 0.230. The quantitative estimate of drug-likeness (QED) is 0.699. The first-order valence-electron chi connectivity index (χ1n) is 8.47. The van der Waals surface area contributed by atoms with Crippen LogP contribution in [-0.2, 0) is 0 Å². The molecule has 1 N–H and O–H groups in total. The van der Waals surface area contributed by atoms with E-state index in [9.17, 15) is 10.1 Å². The van der Waals surface area contributed by atoms with Crippen molar-refractivity contribution in [2.24, 2.45) is 0 Å². The molecule has 0 fully saturated rings. The van der Waals surface area contributed by atoms with Gasteiger partial charge in [-0.15, -0.1) is 0 Å². The van der Waals surface area contributed by atoms with Gasteiger partial charge in [-0.3, -0.25) is 4.79 Å². The van der Waals surface area contributed by atoms with E-state index >= 15 is 0 Å². The Labute approximate surface area is 156 Å². The van der Waals surface area contributed by atoms with Crippen LogP contribution in [0.1, 0.15) is 25.2 Å². The number of fused-ring (bicyclic) bond motifs is 1. The van der Waals surface area contributed by atoms with E-state index < -0.39 is 0 Å². The maximum Gasteiger partial charge on any atom is 0.259 e. The summed E-state index contributed by atoms with van der Waals surface area (Å²) in [6, 6.07) is 14.5. The van der Waals surface area contributed by atoms with E-state index in [0.717, 1.165) is 5.56 Å². The Bertz CT molecular complexity index is 1110. The van der Waals surface area contributed by atoms with Crippen LogP contribution in [0.4, 0.5) is 0 Å². The van der Waals surface area contributed by atoms with E-state index in [1.807, 2.05) is 19.9 Å². The van der Waals surface area contributed by atoms with Crippen LogP contribution in [0.3, 0.4) is 0 Å². The second-order valence-corrected chi connectivity index (χ2v) is 6.18. The molecule has 0 aliphatic heterocycles. The number of nitrogens with one attached hydrogen (secondary N) is 1. The Balaban J connectivity index is 2.05. The number of hydrogen-bond donors (Lipinski definition) is 1. The highest BCUT2D eigenvalue weighted by atomic mass is 16.5. The fourth-order valence-electron chi connectivity index (χ4n) is 2.66. The molecule has 0 aliphatic carbocycles. The topological polar surface area (TPSA) is 88.0 Å². The summed E-state index contributed by atoms with van der Waals surface area (Å²) in [6.07, 6.45) is 1.66. The zero-order valence-corrected chi connectivity index (χ0v) is 15.3. The van der Waals surface area contributed by atoms with Crippen molar-refractivity contribution in [2.45, 2.75) is 20.0 Å². The third kappa shape index (κ3) is 3.98. The molecule has 1 aromatic heterocycles. The number of methoxy groups -OCH3 is 1. The van der Waals surface area contributed by atoms with E-state index in [1.54, 1.807) is 49.6 Å². The molecule has 0 saturated carbocycles. The van der Waals surface area contributed by atoms with E-state index in [2.05, 4.69) is 16.0 Å². The largest absolute Gasteiger partial charge is 0.493 e. The number of aromatic amines is 1. The second kappa shape index (κ2) is 7.75. The summed E-state index contributed by atoms with van der Waals surface area (Å²) in [5, 5.41) is 10.0. The van der Waals surface area contributed by atoms with Gasteiger partial charge in [0.05, 0.1) is 29.7 Å². The first-order chi connectivity index (χ1) is 13.0. The minimum atomic E-state index is -0.282. The lowest BCUT2D eigenvalue weighted by atomic mass is 10.1. The van der Waals surface area contributed by atoms with Crippen molar-refractivity contribution in [2.75, 3.05) is 7.11 Å². The van der Waals surface area contributed by atoms with Gasteiger partial charge >= 0.3 is 0 Å². The molecule has 6 nitrogen and oxygen atoms in total. The van der Waals surface area contributed by atoms with E-state index in [-0.39, 0.29) is 23.1 Å². The highest BCUT2D eigenvalue weighted by molar-refractivity contribution is 5.89. The highest BCUT2D eigenvalue weighted by Crippen LogP contribution is 2.30. The summed E-state index contributed by atoms with van der Waals surface area (Å²) in [5.41, 5.74) is 1.23. The van der Waals surface area contributed by atoms with Gasteiger partial charge in [0.2, 0.25) is 0 Å². The van der Waals surface area contributed by atoms with Gasteiger partial charge in [0.25, 0.3) is 5.56 Å². The zero-order valence-electron chi connectivity index (χ0n) is 15.3. The maximum atomic E-state index is 12.3. The van der Waals surface area contributed by atoms with Crippen LogP contribution in [0, 0.1) is 11.3 Å². The van der Waals surface area contributed by atoms with E-state index in [0.29, 0.717) is 22.4 Å². The summed E-state index contributed by atoms with van der Waals surface area (Å²) in [6.45, 7) is 3.87. The summed E-state index contributed by atoms with van der Waals surface area (Å²) in [5.74, 6) is 1.41. The minimum Gasteiger partial charge on any atom is -0.493 e. The number of para-hydroxylation sites is 1. The monoisotopic (exact) mass is 361 g/mol. The number of aromatic nitrogens is 2. The Morgan fingerprint density at radius 3 is 2.70 bits per heavy atom. The van der Waals surface area contributed by atoms with Gasteiger partial charge in [-0.2, -0.15) is 5.26 Å². The number of benzene rings is 2. The number of nitriles is 1. The summed E-state index contributed by atoms with van der Waals surface area (Å²) >= 11 is 0. The number of rotatable bonds is 5. The van der Waals surface area contributed by atoms with Crippen molar-refractivity contribution in [1.29, 1.82) is 5.26 Å². The molecule has 2 aromatic carbocycles. The average molecular weight is 361 g/mol. The first kappa shape index (κ1) is 18.2. The van der Waals surface area contributed by atoms with Crippen LogP contribution in [0.2, 0.25) is 0 Å². The molecule has 0 unspecified atom stereocenters. The normalized spacial score (nSPS) is 11.4. The maximum absolute atomic E-state index is 12.3. The Morgan fingerprint density at radius 1 is 1.22 bits per heavy atom. The van der Waals surface area contributed by atoms with Gasteiger partial charge in [-0.05, 0) is 49.8 Å². The molecule has 0 spiro atoms. The molecule has 0 bridgehead atoms. The molecule has 27 heavy (non-hydrogen) atoms. The van der Waals surface area contributed by atoms with Crippen molar-refractivity contribution in [1.82, 2.24) is 9.97 Å². The third-order valence-corrected chi connectivity index (χ3v) is 3.85. The molecule has 3 rings (SSSR count). The van der Waals surface area contributed by atoms with E-state index in [4.69, 9.17) is 9.47 Å². The zero-order chi connectivity index (χ0) is 19.4. The second-order valence-electron chi connectivity index (χ2n) is 6.18. The number of hydrogen-bond acceptors (Lipinski definition) is 5. The standard InChI is InChI=1S/C21H19N3O3/c1-13(2)27-18-9-8-14(11-19(18)26-3)10-15(12-22)20-23-17-7-5-4-6-16(17)21(25)24-20/h4-11,13H,1-3H3,(H,23,24,25)/b15-10+. The Hall–Kier alpha value is -3.59. The predicted molar refractivity (Wildman–Crippen MR) is 105 cm³/mol. The Kier molecular flexibility index (Phi) is 5.23. The highest BCUT2D eigenvalue weighted by Gasteiger charge is 2.10. The molecule has 0 radical (unpaired) electrons. The van der Waals surface area contributed by atoms with Crippen LogP contribution >= 0.6 is 0 Å². The first-order valence-corrected chi connectivity index (χ1v) is 8.47. The van der Waals surface area contributed by atoms with Crippen LogP contribution < -0.4 is 15.0 Å². The molecule has 6 heteroatoms. The van der Waals surface area contributed by atoms with Crippen LogP contribution in [0.25, 0.3) is 22.6 Å². The number of H-pyrrole nitrogens is 1. The van der Waals surface area contributed by atoms with Crippen molar-refractivity contribution in [3.8, 4) is 17.6 Å². The van der Waals surface area contributed by atoms with Gasteiger partial charge < -0.3 is 14.5 Å². The van der Waals surface area contributed by atoms with Gasteiger partial charge in [0, 0.05) is 0 Å². The number of nitrogens with zero attached hydrogens (tertiary/aromatic N) is 2. The summed E-state index contributed by atoms with van der Waals surface area (Å²) in [7, 11) is 1.56. The fraction of sp³-hybridized carbons (Fsp3) is 0.190. The fourth-order valence-corrected chi connectivity index (χ4v) is 2.66. The van der Waals surface area contributed by atoms with Crippen molar-refractivity contribution < 1.29 is 9.47 Å². The van der Waals surface area contributed by atoms with Crippen molar-refractivity contribution >= 4 is 22.6 Å². The average Bonchev–Trinajstić information content (AvgIpc) is 2.66. The molecule has 0 amide bonds.